The van der Waals surface area contributed by atoms with Gasteiger partial charge in [0.15, 0.2) is 0 Å². The van der Waals surface area contributed by atoms with Gasteiger partial charge >= 0.3 is 0 Å². The number of likely N-dealkylation sites (N-methyl/N-ethyl adjacent to an activating group) is 1. The second kappa shape index (κ2) is 14.3. The van der Waals surface area contributed by atoms with Crippen LogP contribution in [-0.2, 0) is 26.2 Å². The van der Waals surface area contributed by atoms with Crippen LogP contribution in [0.4, 0.5) is 11.4 Å². The summed E-state index contributed by atoms with van der Waals surface area (Å²) < 4.78 is 34.4. The minimum absolute atomic E-state index is 0.0664. The first kappa shape index (κ1) is 33.9. The highest BCUT2D eigenvalue weighted by Crippen LogP contribution is 2.36. The molecule has 0 aliphatic carbocycles. The molecule has 1 unspecified atom stereocenters. The number of amides is 2. The van der Waals surface area contributed by atoms with Crippen molar-refractivity contribution in [3.05, 3.63) is 90.9 Å². The summed E-state index contributed by atoms with van der Waals surface area (Å²) >= 11 is 18.5. The highest BCUT2D eigenvalue weighted by molar-refractivity contribution is 7.92. The van der Waals surface area contributed by atoms with E-state index in [2.05, 4.69) is 5.32 Å². The van der Waals surface area contributed by atoms with Crippen molar-refractivity contribution in [2.75, 3.05) is 25.0 Å². The molecule has 15 heteroatoms. The number of benzene rings is 3. The first-order valence-corrected chi connectivity index (χ1v) is 15.4. The van der Waals surface area contributed by atoms with Crippen molar-refractivity contribution in [1.82, 2.24) is 10.2 Å². The van der Waals surface area contributed by atoms with E-state index in [4.69, 9.17) is 39.5 Å². The molecule has 230 valence electrons. The Morgan fingerprint density at radius 1 is 1.05 bits per heavy atom. The standard InChI is InChI=1S/C28H29Cl3N4O7S/c1-5-23(28(37)32-3)33(15-18-7-10-21(30)22(31)12-18)27(36)16-34(25-13-19(29)8-11-26(25)42-4)43(40,41)20-9-6-17(2)24(14-20)35(38)39/h6-14,23H,5,15-16H2,1-4H3,(H,32,37). The minimum Gasteiger partial charge on any atom is -0.495 e. The van der Waals surface area contributed by atoms with Crippen molar-refractivity contribution in [2.24, 2.45) is 0 Å². The van der Waals surface area contributed by atoms with E-state index >= 15 is 0 Å². The lowest BCUT2D eigenvalue weighted by Crippen LogP contribution is -2.51. The average Bonchev–Trinajstić information content (AvgIpc) is 2.97. The van der Waals surface area contributed by atoms with Crippen LogP contribution >= 0.6 is 34.8 Å². The Kier molecular flexibility index (Phi) is 11.2. The highest BCUT2D eigenvalue weighted by Gasteiger charge is 2.35. The molecule has 11 nitrogen and oxygen atoms in total. The van der Waals surface area contributed by atoms with Gasteiger partial charge in [0.05, 0.1) is 32.7 Å². The number of carbonyl (C=O) groups is 2. The largest absolute Gasteiger partial charge is 0.495 e. The van der Waals surface area contributed by atoms with Gasteiger partial charge in [-0.05, 0) is 55.3 Å². The molecule has 1 atom stereocenters. The molecule has 3 rings (SSSR count). The van der Waals surface area contributed by atoms with Gasteiger partial charge in [-0.2, -0.15) is 0 Å². The first-order valence-electron chi connectivity index (χ1n) is 12.8. The van der Waals surface area contributed by atoms with Crippen LogP contribution in [0.15, 0.2) is 59.5 Å². The smallest absolute Gasteiger partial charge is 0.273 e. The fourth-order valence-electron chi connectivity index (χ4n) is 4.37. The van der Waals surface area contributed by atoms with Gasteiger partial charge in [-0.1, -0.05) is 53.9 Å². The lowest BCUT2D eigenvalue weighted by atomic mass is 10.1. The molecular formula is C28H29Cl3N4O7S. The monoisotopic (exact) mass is 670 g/mol. The van der Waals surface area contributed by atoms with Crippen LogP contribution in [0.25, 0.3) is 0 Å². The van der Waals surface area contributed by atoms with Crippen molar-refractivity contribution in [2.45, 2.75) is 37.8 Å². The SMILES string of the molecule is CCC(C(=O)NC)N(Cc1ccc(Cl)c(Cl)c1)C(=O)CN(c1cc(Cl)ccc1OC)S(=O)(=O)c1ccc(C)c([N+](=O)[O-])c1. The van der Waals surface area contributed by atoms with Gasteiger partial charge in [-0.15, -0.1) is 0 Å². The molecule has 43 heavy (non-hydrogen) atoms. The average molecular weight is 672 g/mol. The van der Waals surface area contributed by atoms with Gasteiger partial charge in [-0.25, -0.2) is 8.42 Å². The topological polar surface area (TPSA) is 139 Å². The minimum atomic E-state index is -4.64. The molecule has 0 aliphatic rings. The zero-order chi connectivity index (χ0) is 32.1. The Hall–Kier alpha value is -3.58. The van der Waals surface area contributed by atoms with Gasteiger partial charge in [0.25, 0.3) is 15.7 Å². The summed E-state index contributed by atoms with van der Waals surface area (Å²) in [4.78, 5) is 38.7. The summed E-state index contributed by atoms with van der Waals surface area (Å²) in [5.41, 5.74) is 0.274. The number of nitro benzene ring substituents is 1. The second-order valence-corrected chi connectivity index (χ2v) is 12.5. The summed E-state index contributed by atoms with van der Waals surface area (Å²) in [6.45, 7) is 2.25. The Morgan fingerprint density at radius 2 is 1.74 bits per heavy atom. The highest BCUT2D eigenvalue weighted by atomic mass is 35.5. The van der Waals surface area contributed by atoms with E-state index in [9.17, 15) is 28.1 Å². The zero-order valence-corrected chi connectivity index (χ0v) is 26.7. The summed E-state index contributed by atoms with van der Waals surface area (Å²) in [5.74, 6) is -1.16. The van der Waals surface area contributed by atoms with Gasteiger partial charge in [0, 0.05) is 30.2 Å². The maximum Gasteiger partial charge on any atom is 0.273 e. The van der Waals surface area contributed by atoms with E-state index < -0.39 is 49.9 Å². The maximum atomic E-state index is 14.1. The number of ether oxygens (including phenoxy) is 1. The molecule has 0 saturated carbocycles. The molecule has 3 aromatic carbocycles. The number of halogens is 3. The third kappa shape index (κ3) is 7.69. The first-order chi connectivity index (χ1) is 20.2. The predicted octanol–water partition coefficient (Wildman–Crippen LogP) is 5.62. The molecular weight excluding hydrogens is 643 g/mol. The van der Waals surface area contributed by atoms with Crippen LogP contribution in [0.5, 0.6) is 5.75 Å². The van der Waals surface area contributed by atoms with Crippen LogP contribution in [0.1, 0.15) is 24.5 Å². The lowest BCUT2D eigenvalue weighted by molar-refractivity contribution is -0.385. The number of hydrogen-bond donors (Lipinski definition) is 1. The molecule has 1 N–H and O–H groups in total. The van der Waals surface area contributed by atoms with Gasteiger partial charge in [-0.3, -0.25) is 24.0 Å². The number of carbonyl (C=O) groups excluding carboxylic acids is 2. The molecule has 0 saturated heterocycles. The maximum absolute atomic E-state index is 14.1. The predicted molar refractivity (Wildman–Crippen MR) is 166 cm³/mol. The molecule has 0 aromatic heterocycles. The third-order valence-corrected chi connectivity index (χ3v) is 9.35. The van der Waals surface area contributed by atoms with E-state index in [0.717, 1.165) is 10.4 Å². The third-order valence-electron chi connectivity index (χ3n) is 6.62. The van der Waals surface area contributed by atoms with Crippen LogP contribution in [0.2, 0.25) is 15.1 Å². The molecule has 0 radical (unpaired) electrons. The Bertz CT molecular complexity index is 1650. The van der Waals surface area contributed by atoms with Gasteiger partial charge in [0.2, 0.25) is 11.8 Å². The Balaban J connectivity index is 2.20. The summed E-state index contributed by atoms with van der Waals surface area (Å²) in [7, 11) is -1.91. The normalized spacial score (nSPS) is 11.9. The summed E-state index contributed by atoms with van der Waals surface area (Å²) in [5, 5.41) is 14.8. The zero-order valence-electron chi connectivity index (χ0n) is 23.6. The number of rotatable bonds is 12. The quantitative estimate of drug-likeness (QED) is 0.195. The van der Waals surface area contributed by atoms with Crippen LogP contribution in [-0.4, -0.2) is 56.8 Å². The molecule has 0 fully saturated rings. The number of hydrogen-bond acceptors (Lipinski definition) is 7. The van der Waals surface area contributed by atoms with Crippen LogP contribution < -0.4 is 14.4 Å². The van der Waals surface area contributed by atoms with E-state index in [-0.39, 0.29) is 40.0 Å². The van der Waals surface area contributed by atoms with Crippen LogP contribution in [0.3, 0.4) is 0 Å². The van der Waals surface area contributed by atoms with E-state index in [1.54, 1.807) is 25.1 Å². The number of sulfonamides is 1. The Labute approximate surface area is 264 Å². The molecule has 0 bridgehead atoms. The molecule has 0 spiro atoms. The van der Waals surface area contributed by atoms with Crippen molar-refractivity contribution >= 4 is 68.0 Å². The van der Waals surface area contributed by atoms with E-state index in [1.165, 1.54) is 56.3 Å². The van der Waals surface area contributed by atoms with Crippen molar-refractivity contribution in [1.29, 1.82) is 0 Å². The van der Waals surface area contributed by atoms with Crippen LogP contribution in [0, 0.1) is 17.0 Å². The van der Waals surface area contributed by atoms with Gasteiger partial charge in [0.1, 0.15) is 18.3 Å². The van der Waals surface area contributed by atoms with Crippen molar-refractivity contribution < 1.29 is 27.7 Å². The molecule has 3 aromatic rings. The number of methoxy groups -OCH3 is 1. The molecule has 0 aliphatic heterocycles. The summed E-state index contributed by atoms with van der Waals surface area (Å²) in [6, 6.07) is 11.4. The van der Waals surface area contributed by atoms with E-state index in [0.29, 0.717) is 10.6 Å². The number of nitro groups is 1. The van der Waals surface area contributed by atoms with Crippen molar-refractivity contribution in [3.8, 4) is 5.75 Å². The number of aryl methyl sites for hydroxylation is 1. The fourth-order valence-corrected chi connectivity index (χ4v) is 6.29. The lowest BCUT2D eigenvalue weighted by Gasteiger charge is -2.33. The molecule has 0 heterocycles. The number of nitrogens with zero attached hydrogens (tertiary/aromatic N) is 3. The Morgan fingerprint density at radius 3 is 2.33 bits per heavy atom. The number of anilines is 1. The van der Waals surface area contributed by atoms with Crippen molar-refractivity contribution in [3.63, 3.8) is 0 Å². The molecule has 2 amide bonds. The van der Waals surface area contributed by atoms with E-state index in [1.807, 2.05) is 0 Å². The van der Waals surface area contributed by atoms with Gasteiger partial charge < -0.3 is 15.0 Å². The summed E-state index contributed by atoms with van der Waals surface area (Å²) in [6.07, 6.45) is 0.199. The second-order valence-electron chi connectivity index (χ2n) is 9.34. The number of nitrogens with one attached hydrogen (secondary N) is 1. The fraction of sp³-hybridized carbons (Fsp3) is 0.286.